The summed E-state index contributed by atoms with van der Waals surface area (Å²) in [5.74, 6) is -1.10. The summed E-state index contributed by atoms with van der Waals surface area (Å²) in [6.45, 7) is 5.49. The van der Waals surface area contributed by atoms with E-state index in [1.54, 1.807) is 0 Å². The monoisotopic (exact) mass is 218 g/mol. The Balaban J connectivity index is 2.82. The Morgan fingerprint density at radius 1 is 1.33 bits per heavy atom. The first-order chi connectivity index (χ1) is 6.73. The maximum atomic E-state index is 10.8. The first kappa shape index (κ1) is 12.4. The lowest BCUT2D eigenvalue weighted by atomic mass is 9.81. The molecule has 1 aliphatic rings. The molecule has 0 bridgehead atoms. The second-order valence-corrected chi connectivity index (χ2v) is 5.04. The predicted molar refractivity (Wildman–Crippen MR) is 52.4 cm³/mol. The number of aliphatic carboxylic acids is 1. The number of carbonyl (C=O) groups is 1. The van der Waals surface area contributed by atoms with Crippen molar-refractivity contribution in [3.8, 4) is 0 Å². The third-order valence-electron chi connectivity index (χ3n) is 2.60. The van der Waals surface area contributed by atoms with Crippen LogP contribution in [0.25, 0.3) is 0 Å². The molecular weight excluding hydrogens is 200 g/mol. The van der Waals surface area contributed by atoms with Gasteiger partial charge in [0.1, 0.15) is 6.10 Å². The summed E-state index contributed by atoms with van der Waals surface area (Å²) in [4.78, 5) is 10.8. The molecule has 0 aromatic heterocycles. The van der Waals surface area contributed by atoms with Crippen LogP contribution < -0.4 is 0 Å². The summed E-state index contributed by atoms with van der Waals surface area (Å²) in [7, 11) is 0. The molecule has 0 aromatic rings. The number of carboxylic acids is 1. The molecule has 15 heavy (non-hydrogen) atoms. The minimum absolute atomic E-state index is 0.0664. The van der Waals surface area contributed by atoms with E-state index in [-0.39, 0.29) is 6.42 Å². The van der Waals surface area contributed by atoms with Crippen LogP contribution in [-0.4, -0.2) is 45.7 Å². The van der Waals surface area contributed by atoms with Crippen LogP contribution in [-0.2, 0) is 9.53 Å². The fourth-order valence-electron chi connectivity index (χ4n) is 1.75. The van der Waals surface area contributed by atoms with Gasteiger partial charge < -0.3 is 20.1 Å². The van der Waals surface area contributed by atoms with Crippen LogP contribution >= 0.6 is 0 Å². The maximum absolute atomic E-state index is 10.8. The highest BCUT2D eigenvalue weighted by Gasteiger charge is 2.44. The van der Waals surface area contributed by atoms with Gasteiger partial charge in [0, 0.05) is 6.42 Å². The number of aliphatic hydroxyl groups is 2. The molecule has 0 radical (unpaired) electrons. The van der Waals surface area contributed by atoms with Crippen molar-refractivity contribution in [1.82, 2.24) is 0 Å². The lowest BCUT2D eigenvalue weighted by molar-refractivity contribution is -0.209. The van der Waals surface area contributed by atoms with Crippen molar-refractivity contribution in [2.45, 2.75) is 51.6 Å². The van der Waals surface area contributed by atoms with Crippen molar-refractivity contribution in [3.05, 3.63) is 0 Å². The van der Waals surface area contributed by atoms with Crippen molar-refractivity contribution in [1.29, 1.82) is 0 Å². The molecule has 5 heteroatoms. The van der Waals surface area contributed by atoms with Gasteiger partial charge in [-0.3, -0.25) is 0 Å². The third-order valence-corrected chi connectivity index (χ3v) is 2.60. The van der Waals surface area contributed by atoms with Gasteiger partial charge in [-0.25, -0.2) is 4.79 Å². The lowest BCUT2D eigenvalue weighted by Gasteiger charge is -2.42. The SMILES string of the molecule is CC(C)(C)C1O[C@H](C(=O)O)C[C@H](O)[C@H]1O. The maximum Gasteiger partial charge on any atom is 0.332 e. The van der Waals surface area contributed by atoms with Crippen molar-refractivity contribution in [2.24, 2.45) is 5.41 Å². The number of hydrogen-bond donors (Lipinski definition) is 3. The van der Waals surface area contributed by atoms with Gasteiger partial charge in [0.2, 0.25) is 0 Å². The standard InChI is InChI=1S/C10H18O5/c1-10(2,3)8-7(12)5(11)4-6(15-8)9(13)14/h5-8,11-12H,4H2,1-3H3,(H,13,14)/t5-,6-,7+,8?/m0/s1. The van der Waals surface area contributed by atoms with Crippen LogP contribution in [0.15, 0.2) is 0 Å². The normalized spacial score (nSPS) is 37.7. The van der Waals surface area contributed by atoms with Crippen LogP contribution in [0, 0.1) is 5.41 Å². The second kappa shape index (κ2) is 4.08. The largest absolute Gasteiger partial charge is 0.479 e. The van der Waals surface area contributed by atoms with Gasteiger partial charge in [0.15, 0.2) is 6.10 Å². The zero-order valence-corrected chi connectivity index (χ0v) is 9.17. The lowest BCUT2D eigenvalue weighted by Crippen LogP contribution is -2.55. The Kier molecular flexibility index (Phi) is 3.38. The van der Waals surface area contributed by atoms with Crippen molar-refractivity contribution >= 4 is 5.97 Å². The van der Waals surface area contributed by atoms with Crippen molar-refractivity contribution in [3.63, 3.8) is 0 Å². The Labute approximate surface area is 88.7 Å². The van der Waals surface area contributed by atoms with Crippen LogP contribution in [0.5, 0.6) is 0 Å². The molecule has 4 atom stereocenters. The average Bonchev–Trinajstić information content (AvgIpc) is 2.06. The van der Waals surface area contributed by atoms with E-state index in [1.807, 2.05) is 20.8 Å². The molecule has 1 rings (SSSR count). The van der Waals surface area contributed by atoms with Gasteiger partial charge in [0.05, 0.1) is 12.2 Å². The quantitative estimate of drug-likeness (QED) is 0.576. The molecule has 1 heterocycles. The summed E-state index contributed by atoms with van der Waals surface area (Å²) in [5.41, 5.74) is -0.408. The molecule has 1 unspecified atom stereocenters. The molecule has 0 spiro atoms. The molecule has 0 amide bonds. The number of hydrogen-bond acceptors (Lipinski definition) is 4. The van der Waals surface area contributed by atoms with E-state index in [2.05, 4.69) is 0 Å². The van der Waals surface area contributed by atoms with Gasteiger partial charge >= 0.3 is 5.97 Å². The highest BCUT2D eigenvalue weighted by molar-refractivity contribution is 5.72. The molecule has 88 valence electrons. The van der Waals surface area contributed by atoms with E-state index >= 15 is 0 Å². The van der Waals surface area contributed by atoms with Gasteiger partial charge in [-0.2, -0.15) is 0 Å². The summed E-state index contributed by atoms with van der Waals surface area (Å²) in [5, 5.41) is 28.1. The average molecular weight is 218 g/mol. The van der Waals surface area contributed by atoms with E-state index in [0.717, 1.165) is 0 Å². The summed E-state index contributed by atoms with van der Waals surface area (Å²) >= 11 is 0. The summed E-state index contributed by atoms with van der Waals surface area (Å²) in [6, 6.07) is 0. The smallest absolute Gasteiger partial charge is 0.332 e. The Morgan fingerprint density at radius 3 is 2.27 bits per heavy atom. The van der Waals surface area contributed by atoms with Crippen LogP contribution in [0.2, 0.25) is 0 Å². The molecule has 3 N–H and O–H groups in total. The Morgan fingerprint density at radius 2 is 1.87 bits per heavy atom. The van der Waals surface area contributed by atoms with Crippen LogP contribution in [0.4, 0.5) is 0 Å². The van der Waals surface area contributed by atoms with Gasteiger partial charge in [-0.1, -0.05) is 20.8 Å². The minimum Gasteiger partial charge on any atom is -0.479 e. The topological polar surface area (TPSA) is 87.0 Å². The Bertz CT molecular complexity index is 245. The predicted octanol–water partition coefficient (Wildman–Crippen LogP) is -0.00360. The third kappa shape index (κ3) is 2.68. The first-order valence-corrected chi connectivity index (χ1v) is 4.98. The molecule has 0 aromatic carbocycles. The number of aliphatic hydroxyl groups excluding tert-OH is 2. The highest BCUT2D eigenvalue weighted by atomic mass is 16.5. The van der Waals surface area contributed by atoms with Gasteiger partial charge in [-0.05, 0) is 5.41 Å². The zero-order valence-electron chi connectivity index (χ0n) is 9.17. The van der Waals surface area contributed by atoms with Gasteiger partial charge in [-0.15, -0.1) is 0 Å². The molecule has 5 nitrogen and oxygen atoms in total. The van der Waals surface area contributed by atoms with Crippen LogP contribution in [0.3, 0.4) is 0 Å². The fourth-order valence-corrected chi connectivity index (χ4v) is 1.75. The van der Waals surface area contributed by atoms with E-state index < -0.39 is 35.8 Å². The molecule has 1 aliphatic heterocycles. The summed E-state index contributed by atoms with van der Waals surface area (Å²) in [6.07, 6.45) is -3.83. The highest BCUT2D eigenvalue weighted by Crippen LogP contribution is 2.32. The van der Waals surface area contributed by atoms with E-state index in [4.69, 9.17) is 9.84 Å². The number of rotatable bonds is 1. The fraction of sp³-hybridized carbons (Fsp3) is 0.900. The van der Waals surface area contributed by atoms with Crippen molar-refractivity contribution in [2.75, 3.05) is 0 Å². The number of carboxylic acid groups (broad SMARTS) is 1. The van der Waals surface area contributed by atoms with E-state index in [9.17, 15) is 15.0 Å². The van der Waals surface area contributed by atoms with Crippen LogP contribution in [0.1, 0.15) is 27.2 Å². The van der Waals surface area contributed by atoms with Gasteiger partial charge in [0.25, 0.3) is 0 Å². The zero-order chi connectivity index (χ0) is 11.8. The Hall–Kier alpha value is -0.650. The van der Waals surface area contributed by atoms with E-state index in [1.165, 1.54) is 0 Å². The molecular formula is C10H18O5. The van der Waals surface area contributed by atoms with Crippen molar-refractivity contribution < 1.29 is 24.9 Å². The summed E-state index contributed by atoms with van der Waals surface area (Å²) < 4.78 is 5.29. The number of ether oxygens (including phenoxy) is 1. The molecule has 0 saturated carbocycles. The van der Waals surface area contributed by atoms with E-state index in [0.29, 0.717) is 0 Å². The molecule has 1 fully saturated rings. The molecule has 1 saturated heterocycles. The second-order valence-electron chi connectivity index (χ2n) is 5.04. The first-order valence-electron chi connectivity index (χ1n) is 4.98. The minimum atomic E-state index is -1.10. The molecule has 0 aliphatic carbocycles.